The van der Waals surface area contributed by atoms with Crippen LogP contribution in [0.2, 0.25) is 5.02 Å². The van der Waals surface area contributed by atoms with E-state index in [-0.39, 0.29) is 5.69 Å². The molecule has 0 bridgehead atoms. The number of hydrogen-bond donors (Lipinski definition) is 1. The molecule has 20 heavy (non-hydrogen) atoms. The molecule has 0 fully saturated rings. The van der Waals surface area contributed by atoms with Crippen molar-refractivity contribution in [2.24, 2.45) is 0 Å². The van der Waals surface area contributed by atoms with Crippen molar-refractivity contribution < 1.29 is 18.8 Å². The molecule has 1 amide bonds. The summed E-state index contributed by atoms with van der Waals surface area (Å²) in [7, 11) is 2.97. The van der Waals surface area contributed by atoms with Crippen LogP contribution in [-0.2, 0) is 0 Å². The summed E-state index contributed by atoms with van der Waals surface area (Å²) in [6, 6.07) is 4.67. The zero-order valence-electron chi connectivity index (χ0n) is 11.2. The number of carbonyl (C=O) groups excluding carboxylic acids is 1. The fourth-order valence-corrected chi connectivity index (χ4v) is 1.85. The number of nitrogens with one attached hydrogen (secondary N) is 1. The fourth-order valence-electron chi connectivity index (χ4n) is 1.62. The smallest absolute Gasteiger partial charge is 0.277 e. The van der Waals surface area contributed by atoms with Crippen molar-refractivity contribution in [3.63, 3.8) is 0 Å². The number of aryl methyl sites for hydroxylation is 1. The molecule has 0 unspecified atom stereocenters. The Morgan fingerprint density at radius 2 is 1.95 bits per heavy atom. The van der Waals surface area contributed by atoms with Crippen LogP contribution in [0.5, 0.6) is 11.5 Å². The third-order valence-electron chi connectivity index (χ3n) is 2.58. The number of aromatic nitrogens is 1. The minimum absolute atomic E-state index is 0.179. The molecule has 0 aliphatic heterocycles. The van der Waals surface area contributed by atoms with Crippen molar-refractivity contribution in [2.75, 3.05) is 19.5 Å². The van der Waals surface area contributed by atoms with Gasteiger partial charge in [0.05, 0.1) is 24.9 Å². The molecule has 0 aliphatic carbocycles. The van der Waals surface area contributed by atoms with Gasteiger partial charge >= 0.3 is 0 Å². The van der Waals surface area contributed by atoms with Crippen molar-refractivity contribution in [2.45, 2.75) is 6.92 Å². The van der Waals surface area contributed by atoms with Gasteiger partial charge in [0.25, 0.3) is 5.91 Å². The Hall–Kier alpha value is -2.21. The summed E-state index contributed by atoms with van der Waals surface area (Å²) in [5, 5.41) is 6.70. The van der Waals surface area contributed by atoms with Crippen molar-refractivity contribution in [3.8, 4) is 11.5 Å². The van der Waals surface area contributed by atoms with Crippen molar-refractivity contribution in [1.29, 1.82) is 0 Å². The maximum atomic E-state index is 12.0. The van der Waals surface area contributed by atoms with Gasteiger partial charge in [0.2, 0.25) is 0 Å². The molecule has 0 radical (unpaired) electrons. The van der Waals surface area contributed by atoms with Gasteiger partial charge in [0.15, 0.2) is 5.69 Å². The number of methoxy groups -OCH3 is 2. The monoisotopic (exact) mass is 296 g/mol. The molecule has 1 N–H and O–H groups in total. The minimum atomic E-state index is -0.412. The Morgan fingerprint density at radius 1 is 1.25 bits per heavy atom. The Bertz CT molecular complexity index is 639. The van der Waals surface area contributed by atoms with Crippen LogP contribution in [-0.4, -0.2) is 25.3 Å². The zero-order valence-corrected chi connectivity index (χ0v) is 11.9. The molecule has 2 rings (SSSR count). The van der Waals surface area contributed by atoms with Gasteiger partial charge in [-0.15, -0.1) is 0 Å². The molecular formula is C13H13ClN2O4. The van der Waals surface area contributed by atoms with E-state index in [0.717, 1.165) is 0 Å². The topological polar surface area (TPSA) is 73.6 Å². The van der Waals surface area contributed by atoms with E-state index in [1.165, 1.54) is 20.3 Å². The van der Waals surface area contributed by atoms with Gasteiger partial charge in [-0.1, -0.05) is 16.8 Å². The number of anilines is 1. The van der Waals surface area contributed by atoms with Crippen LogP contribution in [0, 0.1) is 6.92 Å². The summed E-state index contributed by atoms with van der Waals surface area (Å²) >= 11 is 5.99. The molecule has 0 saturated heterocycles. The number of nitrogens with zero attached hydrogens (tertiary/aromatic N) is 1. The average molecular weight is 297 g/mol. The van der Waals surface area contributed by atoms with Crippen LogP contribution < -0.4 is 14.8 Å². The Labute approximate surface area is 120 Å². The van der Waals surface area contributed by atoms with Crippen molar-refractivity contribution in [1.82, 2.24) is 5.16 Å². The standard InChI is InChI=1S/C13H13ClN2O4/c1-7-4-10(16-20-7)13(17)15-9-6-11(18-2)8(14)5-12(9)19-3/h4-6H,1-3H3,(H,15,17). The third-order valence-corrected chi connectivity index (χ3v) is 2.88. The molecular weight excluding hydrogens is 284 g/mol. The lowest BCUT2D eigenvalue weighted by Crippen LogP contribution is -2.13. The lowest BCUT2D eigenvalue weighted by atomic mass is 10.2. The molecule has 0 spiro atoms. The summed E-state index contributed by atoms with van der Waals surface area (Å²) in [6.45, 7) is 1.70. The predicted molar refractivity (Wildman–Crippen MR) is 73.7 cm³/mol. The highest BCUT2D eigenvalue weighted by Gasteiger charge is 2.16. The summed E-state index contributed by atoms with van der Waals surface area (Å²) < 4.78 is 15.1. The molecule has 6 nitrogen and oxygen atoms in total. The van der Waals surface area contributed by atoms with E-state index >= 15 is 0 Å². The number of rotatable bonds is 4. The number of carbonyl (C=O) groups is 1. The van der Waals surface area contributed by atoms with E-state index in [0.29, 0.717) is 28.0 Å². The van der Waals surface area contributed by atoms with Crippen LogP contribution in [0.3, 0.4) is 0 Å². The van der Waals surface area contributed by atoms with Crippen LogP contribution >= 0.6 is 11.6 Å². The van der Waals surface area contributed by atoms with Gasteiger partial charge in [-0.3, -0.25) is 4.79 Å². The van der Waals surface area contributed by atoms with Crippen molar-refractivity contribution >= 4 is 23.2 Å². The minimum Gasteiger partial charge on any atom is -0.495 e. The molecule has 1 heterocycles. The average Bonchev–Trinajstić information content (AvgIpc) is 2.87. The Kier molecular flexibility index (Phi) is 4.14. The van der Waals surface area contributed by atoms with E-state index in [2.05, 4.69) is 10.5 Å². The summed E-state index contributed by atoms with van der Waals surface area (Å²) in [5.74, 6) is 0.990. The number of hydrogen-bond acceptors (Lipinski definition) is 5. The predicted octanol–water partition coefficient (Wildman–Crippen LogP) is 2.91. The van der Waals surface area contributed by atoms with Crippen LogP contribution in [0.25, 0.3) is 0 Å². The van der Waals surface area contributed by atoms with E-state index in [4.69, 9.17) is 25.6 Å². The first-order valence-electron chi connectivity index (χ1n) is 5.71. The second-order valence-corrected chi connectivity index (χ2v) is 4.37. The van der Waals surface area contributed by atoms with Crippen LogP contribution in [0.4, 0.5) is 5.69 Å². The second-order valence-electron chi connectivity index (χ2n) is 3.96. The van der Waals surface area contributed by atoms with Gasteiger partial charge in [-0.2, -0.15) is 0 Å². The van der Waals surface area contributed by atoms with E-state index < -0.39 is 5.91 Å². The molecule has 2 aromatic rings. The molecule has 106 valence electrons. The zero-order chi connectivity index (χ0) is 14.7. The summed E-state index contributed by atoms with van der Waals surface area (Å²) in [4.78, 5) is 12.0. The molecule has 0 saturated carbocycles. The molecule has 0 aliphatic rings. The summed E-state index contributed by atoms with van der Waals surface area (Å²) in [6.07, 6.45) is 0. The van der Waals surface area contributed by atoms with E-state index in [1.807, 2.05) is 0 Å². The van der Waals surface area contributed by atoms with Gasteiger partial charge in [-0.05, 0) is 6.92 Å². The highest BCUT2D eigenvalue weighted by atomic mass is 35.5. The van der Waals surface area contributed by atoms with Gasteiger partial charge in [-0.25, -0.2) is 0 Å². The van der Waals surface area contributed by atoms with Crippen molar-refractivity contribution in [3.05, 3.63) is 34.7 Å². The number of amides is 1. The highest BCUT2D eigenvalue weighted by molar-refractivity contribution is 6.32. The third kappa shape index (κ3) is 2.85. The lowest BCUT2D eigenvalue weighted by molar-refractivity contribution is 0.101. The molecule has 0 atom stereocenters. The highest BCUT2D eigenvalue weighted by Crippen LogP contribution is 2.36. The van der Waals surface area contributed by atoms with E-state index in [9.17, 15) is 4.79 Å². The Balaban J connectivity index is 2.30. The second kappa shape index (κ2) is 5.83. The first-order valence-corrected chi connectivity index (χ1v) is 6.09. The largest absolute Gasteiger partial charge is 0.495 e. The quantitative estimate of drug-likeness (QED) is 0.939. The lowest BCUT2D eigenvalue weighted by Gasteiger charge is -2.12. The van der Waals surface area contributed by atoms with Gasteiger partial charge in [0.1, 0.15) is 17.3 Å². The first kappa shape index (κ1) is 14.2. The maximum absolute atomic E-state index is 12.0. The number of halogens is 1. The van der Waals surface area contributed by atoms with E-state index in [1.54, 1.807) is 19.1 Å². The van der Waals surface area contributed by atoms with Crippen LogP contribution in [0.15, 0.2) is 22.7 Å². The SMILES string of the molecule is COc1cc(NC(=O)c2cc(C)on2)c(OC)cc1Cl. The van der Waals surface area contributed by atoms with Gasteiger partial charge in [0, 0.05) is 18.2 Å². The summed E-state index contributed by atoms with van der Waals surface area (Å²) in [5.41, 5.74) is 0.609. The molecule has 7 heteroatoms. The van der Waals surface area contributed by atoms with Gasteiger partial charge < -0.3 is 19.3 Å². The van der Waals surface area contributed by atoms with Crippen LogP contribution in [0.1, 0.15) is 16.2 Å². The number of benzene rings is 1. The maximum Gasteiger partial charge on any atom is 0.277 e. The fraction of sp³-hybridized carbons (Fsp3) is 0.231. The first-order chi connectivity index (χ1) is 9.55. The Morgan fingerprint density at radius 3 is 2.50 bits per heavy atom. The number of ether oxygens (including phenoxy) is 2. The normalized spacial score (nSPS) is 10.2. The molecule has 1 aromatic heterocycles. The molecule has 1 aromatic carbocycles.